The van der Waals surface area contributed by atoms with Gasteiger partial charge in [-0.2, -0.15) is 0 Å². The fraction of sp³-hybridized carbons (Fsp3) is 0.533. The fourth-order valence-corrected chi connectivity index (χ4v) is 2.80. The van der Waals surface area contributed by atoms with Crippen LogP contribution in [0.25, 0.3) is 0 Å². The maximum absolute atomic E-state index is 12.1. The third-order valence-corrected chi connectivity index (χ3v) is 4.07. The van der Waals surface area contributed by atoms with E-state index < -0.39 is 0 Å². The summed E-state index contributed by atoms with van der Waals surface area (Å²) in [5.41, 5.74) is 0.668. The summed E-state index contributed by atoms with van der Waals surface area (Å²) in [7, 11) is 1.91. The van der Waals surface area contributed by atoms with Crippen molar-refractivity contribution in [2.45, 2.75) is 37.8 Å². The van der Waals surface area contributed by atoms with Gasteiger partial charge in [0.05, 0.1) is 12.6 Å². The molecule has 0 spiro atoms. The first-order chi connectivity index (χ1) is 9.08. The largest absolute Gasteiger partial charge is 0.391 e. The Kier molecular flexibility index (Phi) is 4.97. The Hall–Kier alpha value is -0.900. The van der Waals surface area contributed by atoms with Gasteiger partial charge < -0.3 is 5.11 Å². The van der Waals surface area contributed by atoms with Gasteiger partial charge in [-0.25, -0.2) is 0 Å². The van der Waals surface area contributed by atoms with Crippen LogP contribution in [0.15, 0.2) is 24.3 Å². The highest BCUT2D eigenvalue weighted by atomic mass is 35.5. The second-order valence-corrected chi connectivity index (χ2v) is 5.70. The third-order valence-electron chi connectivity index (χ3n) is 3.82. The van der Waals surface area contributed by atoms with Crippen molar-refractivity contribution in [1.29, 1.82) is 0 Å². The molecule has 3 nitrogen and oxygen atoms in total. The number of ketones is 1. The molecule has 1 aliphatic carbocycles. The molecule has 1 fully saturated rings. The first kappa shape index (κ1) is 14.5. The maximum atomic E-state index is 12.1. The van der Waals surface area contributed by atoms with Crippen molar-refractivity contribution in [3.05, 3.63) is 34.9 Å². The number of carbonyl (C=O) groups is 1. The van der Waals surface area contributed by atoms with Gasteiger partial charge >= 0.3 is 0 Å². The van der Waals surface area contributed by atoms with Crippen molar-refractivity contribution < 1.29 is 9.90 Å². The third kappa shape index (κ3) is 3.78. The Morgan fingerprint density at radius 1 is 1.32 bits per heavy atom. The van der Waals surface area contributed by atoms with E-state index in [1.807, 2.05) is 11.9 Å². The zero-order valence-electron chi connectivity index (χ0n) is 11.2. The van der Waals surface area contributed by atoms with Gasteiger partial charge in [-0.15, -0.1) is 0 Å². The van der Waals surface area contributed by atoms with Crippen LogP contribution in [0.1, 0.15) is 36.0 Å². The molecular weight excluding hydrogens is 262 g/mol. The van der Waals surface area contributed by atoms with E-state index in [0.29, 0.717) is 17.1 Å². The summed E-state index contributed by atoms with van der Waals surface area (Å²) in [6, 6.07) is 7.05. The Bertz CT molecular complexity index is 432. The van der Waals surface area contributed by atoms with Crippen LogP contribution < -0.4 is 0 Å². The van der Waals surface area contributed by atoms with E-state index in [9.17, 15) is 9.90 Å². The molecule has 0 heterocycles. The lowest BCUT2D eigenvalue weighted by Gasteiger charge is -2.34. The number of hydrogen-bond donors (Lipinski definition) is 1. The van der Waals surface area contributed by atoms with E-state index >= 15 is 0 Å². The zero-order valence-corrected chi connectivity index (χ0v) is 11.9. The van der Waals surface area contributed by atoms with E-state index in [1.165, 1.54) is 0 Å². The fourth-order valence-electron chi connectivity index (χ4n) is 2.68. The van der Waals surface area contributed by atoms with Crippen LogP contribution in [0.3, 0.4) is 0 Å². The first-order valence-corrected chi connectivity index (χ1v) is 7.13. The van der Waals surface area contributed by atoms with Gasteiger partial charge in [-0.3, -0.25) is 9.69 Å². The van der Waals surface area contributed by atoms with E-state index in [0.717, 1.165) is 25.7 Å². The van der Waals surface area contributed by atoms with Crippen molar-refractivity contribution in [2.24, 2.45) is 0 Å². The second-order valence-electron chi connectivity index (χ2n) is 5.26. The molecule has 19 heavy (non-hydrogen) atoms. The van der Waals surface area contributed by atoms with E-state index in [4.69, 9.17) is 11.6 Å². The van der Waals surface area contributed by atoms with Crippen LogP contribution >= 0.6 is 11.6 Å². The zero-order chi connectivity index (χ0) is 13.8. The number of Topliss-reactive ketones (excluding diaryl/α,β-unsaturated/α-hetero) is 1. The van der Waals surface area contributed by atoms with Gasteiger partial charge in [0, 0.05) is 16.6 Å². The average Bonchev–Trinajstić information content (AvgIpc) is 2.39. The molecule has 1 saturated carbocycles. The molecular formula is C15H20ClNO2. The molecule has 1 aromatic carbocycles. The number of halogens is 1. The number of hydrogen-bond acceptors (Lipinski definition) is 3. The number of benzene rings is 1. The molecule has 2 atom stereocenters. The number of nitrogens with zero attached hydrogens (tertiary/aromatic N) is 1. The second kappa shape index (κ2) is 6.51. The quantitative estimate of drug-likeness (QED) is 0.863. The van der Waals surface area contributed by atoms with Crippen LogP contribution in [0.2, 0.25) is 5.02 Å². The highest BCUT2D eigenvalue weighted by Crippen LogP contribution is 2.22. The van der Waals surface area contributed by atoms with Crippen molar-refractivity contribution in [1.82, 2.24) is 4.90 Å². The predicted octanol–water partition coefficient (Wildman–Crippen LogP) is 2.76. The molecule has 1 aliphatic rings. The number of carbonyl (C=O) groups excluding carboxylic acids is 1. The van der Waals surface area contributed by atoms with Gasteiger partial charge in [0.2, 0.25) is 0 Å². The molecule has 1 aromatic rings. The minimum absolute atomic E-state index is 0.0666. The van der Waals surface area contributed by atoms with Crippen molar-refractivity contribution in [3.63, 3.8) is 0 Å². The Labute approximate surface area is 119 Å². The smallest absolute Gasteiger partial charge is 0.176 e. The monoisotopic (exact) mass is 281 g/mol. The number of aliphatic hydroxyl groups excluding tert-OH is 1. The summed E-state index contributed by atoms with van der Waals surface area (Å²) < 4.78 is 0. The van der Waals surface area contributed by atoms with Crippen LogP contribution in [0, 0.1) is 0 Å². The molecule has 4 heteroatoms. The summed E-state index contributed by atoms with van der Waals surface area (Å²) in [6.07, 6.45) is 3.70. The lowest BCUT2D eigenvalue weighted by molar-refractivity contribution is 0.0322. The molecule has 104 valence electrons. The molecule has 0 aliphatic heterocycles. The summed E-state index contributed by atoms with van der Waals surface area (Å²) >= 11 is 5.81. The number of rotatable bonds is 4. The van der Waals surface area contributed by atoms with Crippen LogP contribution in [-0.2, 0) is 0 Å². The van der Waals surface area contributed by atoms with Gasteiger partial charge in [0.1, 0.15) is 0 Å². The van der Waals surface area contributed by atoms with E-state index in [1.54, 1.807) is 24.3 Å². The van der Waals surface area contributed by atoms with Gasteiger partial charge in [0.25, 0.3) is 0 Å². The molecule has 0 radical (unpaired) electrons. The summed E-state index contributed by atoms with van der Waals surface area (Å²) in [6.45, 7) is 0.337. The minimum atomic E-state index is -0.309. The molecule has 0 saturated heterocycles. The summed E-state index contributed by atoms with van der Waals surface area (Å²) in [5, 5.41) is 10.6. The number of likely N-dealkylation sites (N-methyl/N-ethyl adjacent to an activating group) is 1. The van der Waals surface area contributed by atoms with Crippen LogP contribution in [0.5, 0.6) is 0 Å². The van der Waals surface area contributed by atoms with E-state index in [2.05, 4.69) is 0 Å². The first-order valence-electron chi connectivity index (χ1n) is 6.75. The molecule has 2 unspecified atom stereocenters. The number of aliphatic hydroxyl groups is 1. The van der Waals surface area contributed by atoms with Crippen molar-refractivity contribution in [3.8, 4) is 0 Å². The Morgan fingerprint density at radius 3 is 2.58 bits per heavy atom. The minimum Gasteiger partial charge on any atom is -0.391 e. The Morgan fingerprint density at radius 2 is 1.95 bits per heavy atom. The normalized spacial score (nSPS) is 23.6. The van der Waals surface area contributed by atoms with Crippen LogP contribution in [-0.4, -0.2) is 41.5 Å². The molecule has 1 N–H and O–H groups in total. The summed E-state index contributed by atoms with van der Waals surface area (Å²) in [4.78, 5) is 14.1. The Balaban J connectivity index is 1.96. The lowest BCUT2D eigenvalue weighted by Crippen LogP contribution is -2.45. The maximum Gasteiger partial charge on any atom is 0.176 e. The van der Waals surface area contributed by atoms with Gasteiger partial charge in [-0.1, -0.05) is 24.4 Å². The van der Waals surface area contributed by atoms with Crippen molar-refractivity contribution >= 4 is 17.4 Å². The van der Waals surface area contributed by atoms with Crippen molar-refractivity contribution in [2.75, 3.05) is 13.6 Å². The predicted molar refractivity (Wildman–Crippen MR) is 76.7 cm³/mol. The van der Waals surface area contributed by atoms with Crippen LogP contribution in [0.4, 0.5) is 0 Å². The van der Waals surface area contributed by atoms with Gasteiger partial charge in [0.15, 0.2) is 5.78 Å². The van der Waals surface area contributed by atoms with E-state index in [-0.39, 0.29) is 17.9 Å². The highest BCUT2D eigenvalue weighted by Gasteiger charge is 2.27. The molecule has 2 rings (SSSR count). The summed E-state index contributed by atoms with van der Waals surface area (Å²) in [5.74, 6) is 0.0666. The topological polar surface area (TPSA) is 40.5 Å². The van der Waals surface area contributed by atoms with Gasteiger partial charge in [-0.05, 0) is 44.2 Å². The molecule has 0 amide bonds. The molecule has 0 aromatic heterocycles. The standard InChI is InChI=1S/C15H20ClNO2/c1-17(13-4-2-3-5-14(13)18)10-15(19)11-6-8-12(16)9-7-11/h6-9,13-14,18H,2-5,10H2,1H3. The SMILES string of the molecule is CN(CC(=O)c1ccc(Cl)cc1)C1CCCCC1O. The lowest BCUT2D eigenvalue weighted by atomic mass is 9.91. The molecule has 0 bridgehead atoms. The average molecular weight is 282 g/mol. The highest BCUT2D eigenvalue weighted by molar-refractivity contribution is 6.30.